The molecule has 0 saturated carbocycles. The number of carboxylic acid groups (broad SMARTS) is 1. The first-order valence-electron chi connectivity index (χ1n) is 11.7. The monoisotopic (exact) mass is 533 g/mol. The molecule has 4 rings (SSSR count). The van der Waals surface area contributed by atoms with Gasteiger partial charge in [0.25, 0.3) is 0 Å². The molecule has 194 valence electrons. The molecule has 0 radical (unpaired) electrons. The van der Waals surface area contributed by atoms with Crippen LogP contribution in [0.4, 0.5) is 0 Å². The Morgan fingerprint density at radius 2 is 1.61 bits per heavy atom. The molecule has 10 heteroatoms. The minimum absolute atomic E-state index is 0.0154. The molecule has 0 amide bonds. The summed E-state index contributed by atoms with van der Waals surface area (Å²) < 4.78 is 17.5. The summed E-state index contributed by atoms with van der Waals surface area (Å²) in [5.41, 5.74) is 1.17. The van der Waals surface area contributed by atoms with E-state index in [2.05, 4.69) is 15.1 Å². The van der Waals surface area contributed by atoms with E-state index in [9.17, 15) is 9.90 Å². The maximum absolute atomic E-state index is 11.7. The predicted octanol–water partition coefficient (Wildman–Crippen LogP) is 6.62. The Morgan fingerprint density at radius 1 is 0.868 bits per heavy atom. The van der Waals surface area contributed by atoms with Crippen molar-refractivity contribution in [1.82, 2.24) is 9.97 Å². The molecule has 0 unspecified atom stereocenters. The van der Waals surface area contributed by atoms with E-state index in [0.717, 1.165) is 6.42 Å². The first kappa shape index (κ1) is 26.4. The molecule has 9 nitrogen and oxygen atoms in total. The van der Waals surface area contributed by atoms with Crippen LogP contribution in [0, 0.1) is 0 Å². The van der Waals surface area contributed by atoms with Crippen LogP contribution in [0.1, 0.15) is 29.3 Å². The molecule has 38 heavy (non-hydrogen) atoms. The molecule has 1 heterocycles. The van der Waals surface area contributed by atoms with Gasteiger partial charge in [-0.25, -0.2) is 14.8 Å². The number of carbonyl (C=O) groups is 1. The predicted molar refractivity (Wildman–Crippen MR) is 142 cm³/mol. The van der Waals surface area contributed by atoms with E-state index < -0.39 is 5.97 Å². The Hall–Kier alpha value is -4.63. The topological polar surface area (TPSA) is 112 Å². The molecule has 1 aromatic heterocycles. The van der Waals surface area contributed by atoms with Crippen LogP contribution in [0.3, 0.4) is 0 Å². The van der Waals surface area contributed by atoms with Crippen LogP contribution < -0.4 is 14.2 Å². The number of oxime groups is 1. The lowest BCUT2D eigenvalue weighted by molar-refractivity contribution is 0.0696. The zero-order chi connectivity index (χ0) is 26.7. The van der Waals surface area contributed by atoms with Crippen molar-refractivity contribution < 1.29 is 28.9 Å². The van der Waals surface area contributed by atoms with Crippen molar-refractivity contribution in [1.29, 1.82) is 0 Å². The molecule has 0 bridgehead atoms. The van der Waals surface area contributed by atoms with E-state index in [1.165, 1.54) is 24.5 Å². The third kappa shape index (κ3) is 7.68. The summed E-state index contributed by atoms with van der Waals surface area (Å²) in [6.07, 6.45) is 3.81. The largest absolute Gasteiger partial charge is 0.487 e. The SMILES string of the molecule is CCCON=C(COc1cc(Oc2ncccn2)cc(C(=O)O)c1)c1cccc(Oc2ccc(Cl)cc2)c1. The fourth-order valence-electron chi connectivity index (χ4n) is 3.19. The second-order valence-electron chi connectivity index (χ2n) is 7.88. The molecular weight excluding hydrogens is 510 g/mol. The Labute approximate surface area is 224 Å². The lowest BCUT2D eigenvalue weighted by atomic mass is 10.1. The maximum atomic E-state index is 11.7. The summed E-state index contributed by atoms with van der Waals surface area (Å²) in [7, 11) is 0. The van der Waals surface area contributed by atoms with Crippen LogP contribution in [0.25, 0.3) is 0 Å². The smallest absolute Gasteiger partial charge is 0.335 e. The van der Waals surface area contributed by atoms with E-state index in [1.54, 1.807) is 42.5 Å². The number of halogens is 1. The van der Waals surface area contributed by atoms with E-state index in [1.807, 2.05) is 25.1 Å². The fraction of sp³-hybridized carbons (Fsp3) is 0.143. The Kier molecular flexibility index (Phi) is 9.09. The second kappa shape index (κ2) is 13.1. The van der Waals surface area contributed by atoms with Crippen LogP contribution >= 0.6 is 11.6 Å². The van der Waals surface area contributed by atoms with Crippen molar-refractivity contribution >= 4 is 23.3 Å². The van der Waals surface area contributed by atoms with Crippen LogP contribution in [0.2, 0.25) is 5.02 Å². The number of aromatic carboxylic acids is 1. The summed E-state index contributed by atoms with van der Waals surface area (Å²) in [6, 6.07) is 20.4. The molecule has 1 N–H and O–H groups in total. The summed E-state index contributed by atoms with van der Waals surface area (Å²) >= 11 is 5.96. The minimum atomic E-state index is -1.14. The molecule has 0 aliphatic heterocycles. The standard InChI is InChI=1S/C28H24ClN3O6/c1-2-13-36-32-26(19-5-3-6-23(14-19)37-22-9-7-21(29)8-10-22)18-35-24-15-20(27(33)34)16-25(17-24)38-28-30-11-4-12-31-28/h3-12,14-17H,2,13,18H2,1H3,(H,33,34). The van der Waals surface area contributed by atoms with Crippen molar-refractivity contribution in [2.75, 3.05) is 13.2 Å². The average Bonchev–Trinajstić information content (AvgIpc) is 2.92. The van der Waals surface area contributed by atoms with E-state index in [-0.39, 0.29) is 29.7 Å². The zero-order valence-corrected chi connectivity index (χ0v) is 21.2. The summed E-state index contributed by atoms with van der Waals surface area (Å²) in [5.74, 6) is 0.544. The highest BCUT2D eigenvalue weighted by atomic mass is 35.5. The van der Waals surface area contributed by atoms with Gasteiger partial charge in [-0.3, -0.25) is 0 Å². The van der Waals surface area contributed by atoms with Crippen LogP contribution in [0.15, 0.2) is 90.3 Å². The number of aromatic nitrogens is 2. The van der Waals surface area contributed by atoms with Gasteiger partial charge in [0.05, 0.1) is 5.56 Å². The fourth-order valence-corrected chi connectivity index (χ4v) is 3.31. The van der Waals surface area contributed by atoms with Crippen LogP contribution in [-0.2, 0) is 4.84 Å². The van der Waals surface area contributed by atoms with Gasteiger partial charge < -0.3 is 24.2 Å². The quantitative estimate of drug-likeness (QED) is 0.123. The van der Waals surface area contributed by atoms with Gasteiger partial charge in [-0.1, -0.05) is 35.8 Å². The lowest BCUT2D eigenvalue weighted by Crippen LogP contribution is -2.14. The van der Waals surface area contributed by atoms with E-state index in [4.69, 9.17) is 30.6 Å². The molecule has 0 spiro atoms. The number of ether oxygens (including phenoxy) is 3. The lowest BCUT2D eigenvalue weighted by Gasteiger charge is -2.13. The Bertz CT molecular complexity index is 1400. The highest BCUT2D eigenvalue weighted by Gasteiger charge is 2.13. The van der Waals surface area contributed by atoms with Crippen molar-refractivity contribution in [3.05, 3.63) is 101 Å². The second-order valence-corrected chi connectivity index (χ2v) is 8.31. The first-order chi connectivity index (χ1) is 18.5. The third-order valence-electron chi connectivity index (χ3n) is 4.94. The summed E-state index contributed by atoms with van der Waals surface area (Å²) in [4.78, 5) is 25.1. The van der Waals surface area contributed by atoms with E-state index >= 15 is 0 Å². The Balaban J connectivity index is 1.55. The number of hydrogen-bond donors (Lipinski definition) is 1. The van der Waals surface area contributed by atoms with Gasteiger partial charge in [0.15, 0.2) is 0 Å². The molecule has 0 saturated heterocycles. The van der Waals surface area contributed by atoms with Gasteiger partial charge in [-0.2, -0.15) is 0 Å². The first-order valence-corrected chi connectivity index (χ1v) is 12.1. The molecule has 0 fully saturated rings. The number of nitrogens with zero attached hydrogens (tertiary/aromatic N) is 3. The van der Waals surface area contributed by atoms with Crippen molar-refractivity contribution in [2.24, 2.45) is 5.16 Å². The van der Waals surface area contributed by atoms with Gasteiger partial charge in [0.1, 0.15) is 41.9 Å². The van der Waals surface area contributed by atoms with Crippen molar-refractivity contribution in [2.45, 2.75) is 13.3 Å². The highest BCUT2D eigenvalue weighted by Crippen LogP contribution is 2.27. The van der Waals surface area contributed by atoms with E-state index in [0.29, 0.717) is 34.4 Å². The molecule has 0 aliphatic carbocycles. The van der Waals surface area contributed by atoms with Gasteiger partial charge in [-0.15, -0.1) is 0 Å². The number of rotatable bonds is 12. The van der Waals surface area contributed by atoms with Crippen molar-refractivity contribution in [3.8, 4) is 29.0 Å². The van der Waals surface area contributed by atoms with Gasteiger partial charge in [0, 0.05) is 29.0 Å². The molecule has 4 aromatic rings. The highest BCUT2D eigenvalue weighted by molar-refractivity contribution is 6.30. The van der Waals surface area contributed by atoms with Gasteiger partial charge >= 0.3 is 12.0 Å². The summed E-state index contributed by atoms with van der Waals surface area (Å²) in [6.45, 7) is 2.38. The normalized spacial score (nSPS) is 11.1. The zero-order valence-electron chi connectivity index (χ0n) is 20.4. The minimum Gasteiger partial charge on any atom is -0.487 e. The van der Waals surface area contributed by atoms with Crippen LogP contribution in [-0.4, -0.2) is 40.0 Å². The summed E-state index contributed by atoms with van der Waals surface area (Å²) in [5, 5.41) is 14.4. The Morgan fingerprint density at radius 3 is 2.34 bits per heavy atom. The molecular formula is C28H24ClN3O6. The molecule has 0 atom stereocenters. The van der Waals surface area contributed by atoms with Gasteiger partial charge in [0.2, 0.25) is 0 Å². The van der Waals surface area contributed by atoms with Crippen LogP contribution in [0.5, 0.6) is 29.0 Å². The number of hydrogen-bond acceptors (Lipinski definition) is 8. The third-order valence-corrected chi connectivity index (χ3v) is 5.19. The number of benzene rings is 3. The molecule has 0 aliphatic rings. The molecule has 3 aromatic carbocycles. The average molecular weight is 534 g/mol. The van der Waals surface area contributed by atoms with Crippen molar-refractivity contribution in [3.63, 3.8) is 0 Å². The number of carboxylic acids is 1. The van der Waals surface area contributed by atoms with Gasteiger partial charge in [-0.05, 0) is 61.0 Å². The maximum Gasteiger partial charge on any atom is 0.335 e.